The van der Waals surface area contributed by atoms with Gasteiger partial charge in [-0.15, -0.1) is 0 Å². The number of ether oxygens (including phenoxy) is 1. The first-order chi connectivity index (χ1) is 15.0. The van der Waals surface area contributed by atoms with Crippen molar-refractivity contribution >= 4 is 22.5 Å². The van der Waals surface area contributed by atoms with Crippen LogP contribution in [-0.4, -0.2) is 69.3 Å². The van der Waals surface area contributed by atoms with E-state index in [4.69, 9.17) is 14.8 Å². The van der Waals surface area contributed by atoms with Gasteiger partial charge < -0.3 is 14.5 Å². The van der Waals surface area contributed by atoms with Crippen molar-refractivity contribution < 1.29 is 13.5 Å². The second-order valence-corrected chi connectivity index (χ2v) is 8.83. The van der Waals surface area contributed by atoms with Crippen molar-refractivity contribution in [2.45, 2.75) is 50.6 Å². The summed E-state index contributed by atoms with van der Waals surface area (Å²) in [6, 6.07) is 3.96. The third-order valence-corrected chi connectivity index (χ3v) is 6.68. The van der Waals surface area contributed by atoms with E-state index in [-0.39, 0.29) is 24.9 Å². The topological polar surface area (TPSA) is 75.1 Å². The molecule has 1 saturated carbocycles. The van der Waals surface area contributed by atoms with Crippen molar-refractivity contribution in [2.75, 3.05) is 36.1 Å². The van der Waals surface area contributed by atoms with Gasteiger partial charge in [0.15, 0.2) is 11.5 Å². The number of hydrogen-bond acceptors (Lipinski definition) is 6. The number of nitrogens with zero attached hydrogens (tertiary/aromatic N) is 6. The van der Waals surface area contributed by atoms with E-state index in [0.29, 0.717) is 13.2 Å². The van der Waals surface area contributed by atoms with Crippen molar-refractivity contribution in [2.24, 2.45) is 0 Å². The second kappa shape index (κ2) is 6.88. The summed E-state index contributed by atoms with van der Waals surface area (Å²) in [5.74, 6) is -0.985. The van der Waals surface area contributed by atoms with Crippen LogP contribution in [0.4, 0.5) is 20.3 Å². The number of alkyl halides is 2. The average molecular weight is 429 g/mol. The maximum absolute atomic E-state index is 13.8. The first kappa shape index (κ1) is 19.0. The highest BCUT2D eigenvalue weighted by molar-refractivity contribution is 5.95. The zero-order valence-electron chi connectivity index (χ0n) is 17.4. The van der Waals surface area contributed by atoms with Crippen LogP contribution in [0, 0.1) is 0 Å². The van der Waals surface area contributed by atoms with E-state index < -0.39 is 5.92 Å². The fraction of sp³-hybridized carbons (Fsp3) is 0.571. The van der Waals surface area contributed by atoms with E-state index in [1.54, 1.807) is 10.9 Å². The minimum atomic E-state index is -2.56. The number of hydrogen-bond donors (Lipinski definition) is 1. The highest BCUT2D eigenvalue weighted by atomic mass is 19.3. The number of anilines is 2. The summed E-state index contributed by atoms with van der Waals surface area (Å²) in [6.45, 7) is 4.89. The minimum absolute atomic E-state index is 0.0931. The third-order valence-electron chi connectivity index (χ3n) is 6.68. The van der Waals surface area contributed by atoms with Crippen LogP contribution >= 0.6 is 0 Å². The number of morpholine rings is 1. The quantitative estimate of drug-likeness (QED) is 0.690. The summed E-state index contributed by atoms with van der Waals surface area (Å²) >= 11 is 0. The summed E-state index contributed by atoms with van der Waals surface area (Å²) in [7, 11) is 0. The first-order valence-corrected chi connectivity index (χ1v) is 10.9. The molecule has 1 saturated heterocycles. The van der Waals surface area contributed by atoms with Crippen molar-refractivity contribution in [3.8, 4) is 5.82 Å². The number of aromatic nitrogens is 5. The molecule has 3 aromatic rings. The average Bonchev–Trinajstić information content (AvgIpc) is 3.33. The van der Waals surface area contributed by atoms with Crippen LogP contribution in [-0.2, 0) is 11.2 Å². The molecule has 2 aliphatic heterocycles. The van der Waals surface area contributed by atoms with E-state index in [2.05, 4.69) is 33.0 Å². The second-order valence-electron chi connectivity index (χ2n) is 8.83. The SMILES string of the molecule is C[C@@H]1COCCN1c1cc2c3c(nn(-c4ccn[nH]4)c3n1)CCCN2C1CC(F)(F)C1. The molecule has 0 spiro atoms. The maximum atomic E-state index is 13.8. The molecule has 164 valence electrons. The van der Waals surface area contributed by atoms with Gasteiger partial charge in [-0.25, -0.2) is 13.8 Å². The smallest absolute Gasteiger partial charge is 0.252 e. The van der Waals surface area contributed by atoms with Gasteiger partial charge in [0.05, 0.1) is 42.2 Å². The Hall–Kier alpha value is -2.75. The molecule has 0 amide bonds. The van der Waals surface area contributed by atoms with E-state index in [9.17, 15) is 8.78 Å². The predicted molar refractivity (Wildman–Crippen MR) is 112 cm³/mol. The standard InChI is InChI=1S/C21H25F2N7O/c1-13-12-31-8-7-28(13)18-9-16-19-15(3-2-6-29(16)14-10-21(22,23)11-14)27-30(20(19)25-18)17-4-5-24-26-17/h4-5,9,13-14H,2-3,6-8,10-12H2,1H3,(H,24,26)/t13-/m1/s1. The molecule has 0 radical (unpaired) electrons. The first-order valence-electron chi connectivity index (χ1n) is 10.9. The summed E-state index contributed by atoms with van der Waals surface area (Å²) in [4.78, 5) is 9.43. The fourth-order valence-electron chi connectivity index (χ4n) is 5.07. The van der Waals surface area contributed by atoms with Crippen molar-refractivity contribution in [1.82, 2.24) is 25.0 Å². The molecule has 5 heterocycles. The lowest BCUT2D eigenvalue weighted by Crippen LogP contribution is -2.51. The van der Waals surface area contributed by atoms with E-state index >= 15 is 0 Å². The van der Waals surface area contributed by atoms with Crippen LogP contribution in [0.3, 0.4) is 0 Å². The molecule has 1 atom stereocenters. The minimum Gasteiger partial charge on any atom is -0.377 e. The molecule has 31 heavy (non-hydrogen) atoms. The Balaban J connectivity index is 1.54. The molecule has 6 rings (SSSR count). The molecule has 1 aliphatic carbocycles. The Labute approximate surface area is 178 Å². The number of H-pyrrole nitrogens is 1. The monoisotopic (exact) mass is 429 g/mol. The third kappa shape index (κ3) is 3.07. The van der Waals surface area contributed by atoms with Crippen LogP contribution in [0.15, 0.2) is 18.3 Å². The zero-order valence-corrected chi connectivity index (χ0v) is 17.4. The lowest BCUT2D eigenvalue weighted by atomic mass is 9.86. The molecule has 10 heteroatoms. The number of pyridine rings is 1. The van der Waals surface area contributed by atoms with Crippen molar-refractivity contribution in [3.63, 3.8) is 0 Å². The van der Waals surface area contributed by atoms with Crippen LogP contribution in [0.25, 0.3) is 16.9 Å². The van der Waals surface area contributed by atoms with Crippen LogP contribution in [0.5, 0.6) is 0 Å². The number of aryl methyl sites for hydroxylation is 1. The molecule has 8 nitrogen and oxygen atoms in total. The molecule has 0 unspecified atom stereocenters. The van der Waals surface area contributed by atoms with Gasteiger partial charge >= 0.3 is 0 Å². The fourth-order valence-corrected chi connectivity index (χ4v) is 5.07. The van der Waals surface area contributed by atoms with Gasteiger partial charge in [0.2, 0.25) is 0 Å². The normalized spacial score (nSPS) is 23.8. The number of nitrogens with one attached hydrogen (secondary N) is 1. The highest BCUT2D eigenvalue weighted by Crippen LogP contribution is 2.45. The number of aromatic amines is 1. The summed E-state index contributed by atoms with van der Waals surface area (Å²) in [6.07, 6.45) is 3.16. The number of halogens is 2. The lowest BCUT2D eigenvalue weighted by Gasteiger charge is -2.44. The van der Waals surface area contributed by atoms with Gasteiger partial charge in [-0.1, -0.05) is 0 Å². The zero-order chi connectivity index (χ0) is 21.2. The summed E-state index contributed by atoms with van der Waals surface area (Å²) in [5.41, 5.74) is 2.67. The van der Waals surface area contributed by atoms with E-state index in [1.165, 1.54) is 0 Å². The predicted octanol–water partition coefficient (Wildman–Crippen LogP) is 2.92. The van der Waals surface area contributed by atoms with Gasteiger partial charge in [-0.2, -0.15) is 14.9 Å². The van der Waals surface area contributed by atoms with Crippen LogP contribution < -0.4 is 9.80 Å². The van der Waals surface area contributed by atoms with Gasteiger partial charge in [-0.05, 0) is 19.8 Å². The Morgan fingerprint density at radius 1 is 1.23 bits per heavy atom. The maximum Gasteiger partial charge on any atom is 0.252 e. The van der Waals surface area contributed by atoms with Gasteiger partial charge in [0.1, 0.15) is 5.82 Å². The Bertz CT molecular complexity index is 1100. The van der Waals surface area contributed by atoms with Crippen LogP contribution in [0.1, 0.15) is 31.9 Å². The van der Waals surface area contributed by atoms with Gasteiger partial charge in [-0.3, -0.25) is 5.10 Å². The molecule has 0 aromatic carbocycles. The Morgan fingerprint density at radius 3 is 2.84 bits per heavy atom. The van der Waals surface area contributed by atoms with Crippen LogP contribution in [0.2, 0.25) is 0 Å². The molecule has 3 aliphatic rings. The van der Waals surface area contributed by atoms with Crippen molar-refractivity contribution in [3.05, 3.63) is 24.0 Å². The lowest BCUT2D eigenvalue weighted by molar-refractivity contribution is -0.0857. The Kier molecular flexibility index (Phi) is 4.21. The number of rotatable bonds is 3. The van der Waals surface area contributed by atoms with E-state index in [0.717, 1.165) is 60.0 Å². The summed E-state index contributed by atoms with van der Waals surface area (Å²) in [5, 5.41) is 12.9. The molecule has 2 fully saturated rings. The molecule has 1 N–H and O–H groups in total. The Morgan fingerprint density at radius 2 is 2.10 bits per heavy atom. The molecular formula is C21H25F2N7O. The van der Waals surface area contributed by atoms with Gasteiger partial charge in [0, 0.05) is 44.1 Å². The largest absolute Gasteiger partial charge is 0.377 e. The van der Waals surface area contributed by atoms with Gasteiger partial charge in [0.25, 0.3) is 5.92 Å². The molecular weight excluding hydrogens is 404 g/mol. The molecule has 0 bridgehead atoms. The molecule has 3 aromatic heterocycles. The highest BCUT2D eigenvalue weighted by Gasteiger charge is 2.48. The van der Waals surface area contributed by atoms with E-state index in [1.807, 2.05) is 6.07 Å². The summed E-state index contributed by atoms with van der Waals surface area (Å²) < 4.78 is 34.9. The van der Waals surface area contributed by atoms with Crippen molar-refractivity contribution in [1.29, 1.82) is 0 Å².